The number of morpholine rings is 1. The van der Waals surface area contributed by atoms with E-state index in [1.807, 2.05) is 34.1 Å². The summed E-state index contributed by atoms with van der Waals surface area (Å²) in [5, 5.41) is 0. The largest absolute Gasteiger partial charge is 0.497 e. The molecular formula is C23H35N3O4. The summed E-state index contributed by atoms with van der Waals surface area (Å²) in [5.74, 6) is 1.20. The van der Waals surface area contributed by atoms with Crippen molar-refractivity contribution in [3.63, 3.8) is 0 Å². The monoisotopic (exact) mass is 417 g/mol. The molecule has 30 heavy (non-hydrogen) atoms. The average Bonchev–Trinajstić information content (AvgIpc) is 3.03. The van der Waals surface area contributed by atoms with Crippen LogP contribution >= 0.6 is 0 Å². The lowest BCUT2D eigenvalue weighted by Gasteiger charge is -2.34. The van der Waals surface area contributed by atoms with E-state index in [2.05, 4.69) is 11.8 Å². The van der Waals surface area contributed by atoms with E-state index < -0.39 is 0 Å². The molecule has 2 fully saturated rings. The molecule has 7 heteroatoms. The number of rotatable bonds is 7. The molecule has 0 bridgehead atoms. The number of carbonyl (C=O) groups excluding carboxylic acids is 2. The summed E-state index contributed by atoms with van der Waals surface area (Å²) in [6.45, 7) is 7.59. The lowest BCUT2D eigenvalue weighted by molar-refractivity contribution is -0.140. The molecule has 2 aliphatic rings. The second kappa shape index (κ2) is 11.3. The van der Waals surface area contributed by atoms with Gasteiger partial charge in [0.25, 0.3) is 0 Å². The molecule has 1 aromatic rings. The first-order valence-corrected chi connectivity index (χ1v) is 11.1. The van der Waals surface area contributed by atoms with Crippen LogP contribution in [0.2, 0.25) is 0 Å². The number of hydrogen-bond acceptors (Lipinski definition) is 5. The topological polar surface area (TPSA) is 62.3 Å². The van der Waals surface area contributed by atoms with Crippen LogP contribution in [0.15, 0.2) is 24.3 Å². The van der Waals surface area contributed by atoms with Gasteiger partial charge in [-0.2, -0.15) is 0 Å². The third-order valence-electron chi connectivity index (χ3n) is 6.03. The molecule has 166 valence electrons. The Morgan fingerprint density at radius 3 is 2.57 bits per heavy atom. The Morgan fingerprint density at radius 1 is 1.03 bits per heavy atom. The SMILES string of the molecule is CCC1CN(C(=O)CN2CCCN(C(=O)CCc3ccc(OC)cc3)CC2)CCO1. The lowest BCUT2D eigenvalue weighted by atomic mass is 10.1. The van der Waals surface area contributed by atoms with Crippen molar-refractivity contribution in [3.8, 4) is 5.75 Å². The second-order valence-electron chi connectivity index (χ2n) is 8.10. The summed E-state index contributed by atoms with van der Waals surface area (Å²) in [6, 6.07) is 7.88. The molecular weight excluding hydrogens is 382 g/mol. The highest BCUT2D eigenvalue weighted by molar-refractivity contribution is 5.78. The van der Waals surface area contributed by atoms with Crippen molar-refractivity contribution in [2.24, 2.45) is 0 Å². The predicted octanol–water partition coefficient (Wildman–Crippen LogP) is 1.80. The normalized spacial score (nSPS) is 20.7. The number of hydrogen-bond donors (Lipinski definition) is 0. The number of amides is 2. The lowest BCUT2D eigenvalue weighted by Crippen LogP contribution is -2.49. The molecule has 0 saturated carbocycles. The van der Waals surface area contributed by atoms with Crippen molar-refractivity contribution in [2.75, 3.05) is 59.5 Å². The van der Waals surface area contributed by atoms with E-state index in [0.29, 0.717) is 39.2 Å². The van der Waals surface area contributed by atoms with E-state index in [1.54, 1.807) is 7.11 Å². The van der Waals surface area contributed by atoms with Gasteiger partial charge >= 0.3 is 0 Å². The van der Waals surface area contributed by atoms with Crippen LogP contribution in [-0.2, 0) is 20.7 Å². The smallest absolute Gasteiger partial charge is 0.236 e. The first-order chi connectivity index (χ1) is 14.6. The zero-order chi connectivity index (χ0) is 21.3. The number of aryl methyl sites for hydroxylation is 1. The number of carbonyl (C=O) groups is 2. The van der Waals surface area contributed by atoms with E-state index in [-0.39, 0.29) is 17.9 Å². The minimum Gasteiger partial charge on any atom is -0.497 e. The van der Waals surface area contributed by atoms with Crippen molar-refractivity contribution in [2.45, 2.75) is 38.7 Å². The van der Waals surface area contributed by atoms with Crippen molar-refractivity contribution < 1.29 is 19.1 Å². The third kappa shape index (κ3) is 6.44. The van der Waals surface area contributed by atoms with Crippen molar-refractivity contribution in [3.05, 3.63) is 29.8 Å². The van der Waals surface area contributed by atoms with Gasteiger partial charge in [-0.05, 0) is 37.0 Å². The molecule has 0 aliphatic carbocycles. The van der Waals surface area contributed by atoms with Crippen LogP contribution in [0.25, 0.3) is 0 Å². The fourth-order valence-electron chi connectivity index (χ4n) is 4.06. The first kappa shape index (κ1) is 22.6. The van der Waals surface area contributed by atoms with Crippen LogP contribution in [0.4, 0.5) is 0 Å². The Balaban J connectivity index is 1.42. The Morgan fingerprint density at radius 2 is 1.83 bits per heavy atom. The quantitative estimate of drug-likeness (QED) is 0.677. The number of benzene rings is 1. The van der Waals surface area contributed by atoms with Gasteiger partial charge in [0, 0.05) is 45.7 Å². The zero-order valence-corrected chi connectivity index (χ0v) is 18.3. The van der Waals surface area contributed by atoms with E-state index >= 15 is 0 Å². The van der Waals surface area contributed by atoms with E-state index in [4.69, 9.17) is 9.47 Å². The Labute approximate surface area is 179 Å². The highest BCUT2D eigenvalue weighted by atomic mass is 16.5. The van der Waals surface area contributed by atoms with Crippen LogP contribution in [0.1, 0.15) is 31.7 Å². The summed E-state index contributed by atoms with van der Waals surface area (Å²) in [4.78, 5) is 31.5. The van der Waals surface area contributed by atoms with Crippen LogP contribution < -0.4 is 4.74 Å². The van der Waals surface area contributed by atoms with Crippen molar-refractivity contribution in [1.29, 1.82) is 0 Å². The fourth-order valence-corrected chi connectivity index (χ4v) is 4.06. The molecule has 2 heterocycles. The van der Waals surface area contributed by atoms with Gasteiger partial charge in [0.15, 0.2) is 0 Å². The van der Waals surface area contributed by atoms with Crippen molar-refractivity contribution in [1.82, 2.24) is 14.7 Å². The molecule has 1 aromatic carbocycles. The number of nitrogens with zero attached hydrogens (tertiary/aromatic N) is 3. The number of methoxy groups -OCH3 is 1. The summed E-state index contributed by atoms with van der Waals surface area (Å²) < 4.78 is 10.8. The van der Waals surface area contributed by atoms with Crippen LogP contribution in [0.3, 0.4) is 0 Å². The van der Waals surface area contributed by atoms with Crippen LogP contribution in [0, 0.1) is 0 Å². The first-order valence-electron chi connectivity index (χ1n) is 11.1. The molecule has 2 amide bonds. The van der Waals surface area contributed by atoms with Gasteiger partial charge in [-0.1, -0.05) is 19.1 Å². The molecule has 1 atom stereocenters. The summed E-state index contributed by atoms with van der Waals surface area (Å²) in [5.41, 5.74) is 1.14. The summed E-state index contributed by atoms with van der Waals surface area (Å²) >= 11 is 0. The summed E-state index contributed by atoms with van der Waals surface area (Å²) in [7, 11) is 1.65. The number of ether oxygens (including phenoxy) is 2. The van der Waals surface area contributed by atoms with Crippen molar-refractivity contribution >= 4 is 11.8 Å². The minimum atomic E-state index is 0.158. The van der Waals surface area contributed by atoms with Crippen LogP contribution in [-0.4, -0.2) is 92.1 Å². The fraction of sp³-hybridized carbons (Fsp3) is 0.652. The molecule has 0 radical (unpaired) electrons. The maximum absolute atomic E-state index is 12.7. The molecule has 0 spiro atoms. The van der Waals surface area contributed by atoms with Gasteiger partial charge in [0.1, 0.15) is 5.75 Å². The van der Waals surface area contributed by atoms with E-state index in [1.165, 1.54) is 0 Å². The molecule has 2 aliphatic heterocycles. The van der Waals surface area contributed by atoms with Gasteiger partial charge in [-0.25, -0.2) is 0 Å². The maximum Gasteiger partial charge on any atom is 0.236 e. The minimum absolute atomic E-state index is 0.158. The zero-order valence-electron chi connectivity index (χ0n) is 18.3. The Kier molecular flexibility index (Phi) is 8.51. The predicted molar refractivity (Wildman–Crippen MR) is 116 cm³/mol. The van der Waals surface area contributed by atoms with Crippen LogP contribution in [0.5, 0.6) is 5.75 Å². The standard InChI is InChI=1S/C23H35N3O4/c1-3-20-17-26(15-16-30-20)23(28)18-24-11-4-12-25(14-13-24)22(27)10-7-19-5-8-21(29-2)9-6-19/h5-6,8-9,20H,3-4,7,10-18H2,1-2H3. The summed E-state index contributed by atoms with van der Waals surface area (Å²) in [6.07, 6.45) is 3.24. The molecule has 3 rings (SSSR count). The molecule has 0 N–H and O–H groups in total. The van der Waals surface area contributed by atoms with Gasteiger partial charge in [0.2, 0.25) is 11.8 Å². The third-order valence-corrected chi connectivity index (χ3v) is 6.03. The molecule has 1 unspecified atom stereocenters. The average molecular weight is 418 g/mol. The Hall–Kier alpha value is -2.12. The van der Waals surface area contributed by atoms with Gasteiger partial charge in [0.05, 0.1) is 26.4 Å². The second-order valence-corrected chi connectivity index (χ2v) is 8.10. The van der Waals surface area contributed by atoms with Gasteiger partial charge in [-0.15, -0.1) is 0 Å². The van der Waals surface area contributed by atoms with E-state index in [9.17, 15) is 9.59 Å². The molecule has 7 nitrogen and oxygen atoms in total. The van der Waals surface area contributed by atoms with E-state index in [0.717, 1.165) is 50.2 Å². The molecule has 2 saturated heterocycles. The highest BCUT2D eigenvalue weighted by Crippen LogP contribution is 2.14. The van der Waals surface area contributed by atoms with Gasteiger partial charge in [-0.3, -0.25) is 14.5 Å². The molecule has 0 aromatic heterocycles. The maximum atomic E-state index is 12.7. The van der Waals surface area contributed by atoms with Gasteiger partial charge < -0.3 is 19.3 Å². The Bertz CT molecular complexity index is 694. The highest BCUT2D eigenvalue weighted by Gasteiger charge is 2.26.